The molecule has 1 aromatic rings. The lowest BCUT2D eigenvalue weighted by Crippen LogP contribution is -1.87. The molecule has 0 unspecified atom stereocenters. The lowest BCUT2D eigenvalue weighted by Gasteiger charge is -1.93. The van der Waals surface area contributed by atoms with E-state index < -0.39 is 0 Å². The highest BCUT2D eigenvalue weighted by atomic mass is 79.9. The predicted molar refractivity (Wildman–Crippen MR) is 42.6 cm³/mol. The van der Waals surface area contributed by atoms with Crippen LogP contribution in [0.5, 0.6) is 0 Å². The van der Waals surface area contributed by atoms with Gasteiger partial charge in [-0.25, -0.2) is 0 Å². The SMILES string of the molecule is Cc1c(Br)cn(C)c1C. The average molecular weight is 188 g/mol. The maximum absolute atomic E-state index is 3.45. The first-order valence-corrected chi connectivity index (χ1v) is 3.70. The Morgan fingerprint density at radius 2 is 2.00 bits per heavy atom. The quantitative estimate of drug-likeness (QED) is 0.589. The molecule has 0 aliphatic carbocycles. The minimum Gasteiger partial charge on any atom is -0.353 e. The van der Waals surface area contributed by atoms with E-state index in [9.17, 15) is 0 Å². The largest absolute Gasteiger partial charge is 0.353 e. The van der Waals surface area contributed by atoms with Crippen LogP contribution in [0.15, 0.2) is 10.7 Å². The number of aromatic nitrogens is 1. The normalized spacial score (nSPS) is 10.2. The molecule has 0 N–H and O–H groups in total. The zero-order valence-electron chi connectivity index (χ0n) is 5.90. The summed E-state index contributed by atoms with van der Waals surface area (Å²) in [5.74, 6) is 0. The second kappa shape index (κ2) is 2.18. The first-order valence-electron chi connectivity index (χ1n) is 2.91. The van der Waals surface area contributed by atoms with Crippen LogP contribution in [0.25, 0.3) is 0 Å². The van der Waals surface area contributed by atoms with Crippen molar-refractivity contribution in [2.24, 2.45) is 7.05 Å². The predicted octanol–water partition coefficient (Wildman–Crippen LogP) is 2.40. The van der Waals surface area contributed by atoms with Gasteiger partial charge in [-0.05, 0) is 35.3 Å². The van der Waals surface area contributed by atoms with E-state index in [4.69, 9.17) is 0 Å². The Labute approximate surface area is 63.8 Å². The molecule has 0 fully saturated rings. The third-order valence-corrected chi connectivity index (χ3v) is 2.54. The van der Waals surface area contributed by atoms with Crippen molar-refractivity contribution in [3.63, 3.8) is 0 Å². The van der Waals surface area contributed by atoms with Crippen LogP contribution in [0.3, 0.4) is 0 Å². The minimum absolute atomic E-state index is 1.20. The molecule has 2 heteroatoms. The van der Waals surface area contributed by atoms with Crippen molar-refractivity contribution in [1.82, 2.24) is 4.57 Å². The van der Waals surface area contributed by atoms with Gasteiger partial charge in [-0.2, -0.15) is 0 Å². The Morgan fingerprint density at radius 3 is 2.11 bits per heavy atom. The van der Waals surface area contributed by atoms with Crippen molar-refractivity contribution in [2.45, 2.75) is 13.8 Å². The van der Waals surface area contributed by atoms with Gasteiger partial charge in [0.2, 0.25) is 0 Å². The first kappa shape index (κ1) is 6.87. The standard InChI is InChI=1S/C7H10BrN/c1-5-6(2)9(3)4-7(5)8/h4H,1-3H3. The summed E-state index contributed by atoms with van der Waals surface area (Å²) in [6, 6.07) is 0. The van der Waals surface area contributed by atoms with Gasteiger partial charge in [0.05, 0.1) is 0 Å². The number of hydrogen-bond donors (Lipinski definition) is 0. The Kier molecular flexibility index (Phi) is 1.66. The molecule has 0 saturated heterocycles. The van der Waals surface area contributed by atoms with Gasteiger partial charge in [0, 0.05) is 23.4 Å². The van der Waals surface area contributed by atoms with Gasteiger partial charge in [-0.1, -0.05) is 0 Å². The van der Waals surface area contributed by atoms with Gasteiger partial charge >= 0.3 is 0 Å². The van der Waals surface area contributed by atoms with Crippen LogP contribution >= 0.6 is 15.9 Å². The third-order valence-electron chi connectivity index (χ3n) is 1.74. The van der Waals surface area contributed by atoms with Crippen LogP contribution in [0, 0.1) is 13.8 Å². The topological polar surface area (TPSA) is 4.93 Å². The van der Waals surface area contributed by atoms with E-state index in [1.165, 1.54) is 15.7 Å². The lowest BCUT2D eigenvalue weighted by atomic mass is 10.3. The summed E-state index contributed by atoms with van der Waals surface area (Å²) in [7, 11) is 2.05. The molecule has 0 bridgehead atoms. The maximum atomic E-state index is 3.45. The van der Waals surface area contributed by atoms with Crippen molar-refractivity contribution in [2.75, 3.05) is 0 Å². The van der Waals surface area contributed by atoms with E-state index in [0.717, 1.165) is 0 Å². The highest BCUT2D eigenvalue weighted by molar-refractivity contribution is 9.10. The first-order chi connectivity index (χ1) is 4.13. The lowest BCUT2D eigenvalue weighted by molar-refractivity contribution is 0.876. The fourth-order valence-corrected chi connectivity index (χ4v) is 1.40. The van der Waals surface area contributed by atoms with E-state index in [0.29, 0.717) is 0 Å². The minimum atomic E-state index is 1.20. The van der Waals surface area contributed by atoms with Crippen molar-refractivity contribution < 1.29 is 0 Å². The third kappa shape index (κ3) is 1.04. The zero-order chi connectivity index (χ0) is 7.02. The van der Waals surface area contributed by atoms with Crippen molar-refractivity contribution in [3.8, 4) is 0 Å². The van der Waals surface area contributed by atoms with Crippen LogP contribution in [0.4, 0.5) is 0 Å². The van der Waals surface area contributed by atoms with Gasteiger partial charge in [0.15, 0.2) is 0 Å². The highest BCUT2D eigenvalue weighted by Gasteiger charge is 2.00. The van der Waals surface area contributed by atoms with Crippen molar-refractivity contribution in [3.05, 3.63) is 21.9 Å². The molecule has 50 valence electrons. The number of nitrogens with zero attached hydrogens (tertiary/aromatic N) is 1. The highest BCUT2D eigenvalue weighted by Crippen LogP contribution is 2.19. The molecule has 1 nitrogen and oxygen atoms in total. The molecule has 1 aromatic heterocycles. The van der Waals surface area contributed by atoms with Gasteiger partial charge in [0.25, 0.3) is 0 Å². The number of rotatable bonds is 0. The number of hydrogen-bond acceptors (Lipinski definition) is 0. The van der Waals surface area contributed by atoms with Crippen molar-refractivity contribution >= 4 is 15.9 Å². The molecule has 0 radical (unpaired) electrons. The molecule has 0 saturated carbocycles. The number of aryl methyl sites for hydroxylation is 1. The van der Waals surface area contributed by atoms with Gasteiger partial charge in [-0.3, -0.25) is 0 Å². The molecule has 0 spiro atoms. The Hall–Kier alpha value is -0.240. The molecule has 1 heterocycles. The van der Waals surface area contributed by atoms with E-state index in [2.05, 4.69) is 40.5 Å². The summed E-state index contributed by atoms with van der Waals surface area (Å²) < 4.78 is 3.31. The summed E-state index contributed by atoms with van der Waals surface area (Å²) in [5, 5.41) is 0. The summed E-state index contributed by atoms with van der Waals surface area (Å²) in [4.78, 5) is 0. The second-order valence-corrected chi connectivity index (χ2v) is 3.15. The molecular formula is C7H10BrN. The van der Waals surface area contributed by atoms with E-state index in [1.54, 1.807) is 0 Å². The van der Waals surface area contributed by atoms with Crippen LogP contribution in [0.1, 0.15) is 11.3 Å². The monoisotopic (exact) mass is 187 g/mol. The van der Waals surface area contributed by atoms with Crippen LogP contribution < -0.4 is 0 Å². The summed E-state index contributed by atoms with van der Waals surface area (Å²) in [6.45, 7) is 4.22. The Balaban J connectivity index is 3.29. The summed E-state index contributed by atoms with van der Waals surface area (Å²) in [5.41, 5.74) is 2.65. The summed E-state index contributed by atoms with van der Waals surface area (Å²) >= 11 is 3.45. The van der Waals surface area contributed by atoms with Crippen LogP contribution in [-0.2, 0) is 7.05 Å². The van der Waals surface area contributed by atoms with Crippen molar-refractivity contribution in [1.29, 1.82) is 0 Å². The molecule has 0 amide bonds. The van der Waals surface area contributed by atoms with E-state index in [1.807, 2.05) is 7.05 Å². The van der Waals surface area contributed by atoms with Gasteiger partial charge in [0.1, 0.15) is 0 Å². The molecule has 9 heavy (non-hydrogen) atoms. The maximum Gasteiger partial charge on any atom is 0.0383 e. The molecule has 0 aliphatic heterocycles. The Bertz CT molecular complexity index is 203. The summed E-state index contributed by atoms with van der Waals surface area (Å²) in [6.07, 6.45) is 2.07. The zero-order valence-corrected chi connectivity index (χ0v) is 7.49. The average Bonchev–Trinajstić information content (AvgIpc) is 1.98. The van der Waals surface area contributed by atoms with E-state index in [-0.39, 0.29) is 0 Å². The van der Waals surface area contributed by atoms with E-state index >= 15 is 0 Å². The van der Waals surface area contributed by atoms with Crippen LogP contribution in [0.2, 0.25) is 0 Å². The Morgan fingerprint density at radius 1 is 1.44 bits per heavy atom. The molecule has 0 aliphatic rings. The number of halogens is 1. The molecular weight excluding hydrogens is 178 g/mol. The second-order valence-electron chi connectivity index (χ2n) is 2.30. The molecule has 0 aromatic carbocycles. The fourth-order valence-electron chi connectivity index (χ4n) is 0.801. The molecule has 1 rings (SSSR count). The van der Waals surface area contributed by atoms with Gasteiger partial charge < -0.3 is 4.57 Å². The van der Waals surface area contributed by atoms with Crippen LogP contribution in [-0.4, -0.2) is 4.57 Å². The fraction of sp³-hybridized carbons (Fsp3) is 0.429. The smallest absolute Gasteiger partial charge is 0.0383 e. The molecule has 0 atom stereocenters. The van der Waals surface area contributed by atoms with Gasteiger partial charge in [-0.15, -0.1) is 0 Å².